The Bertz CT molecular complexity index is 573. The number of benzene rings is 1. The van der Waals surface area contributed by atoms with Gasteiger partial charge < -0.3 is 9.73 Å². The number of rotatable bonds is 3. The topological polar surface area (TPSA) is 42.2 Å². The zero-order valence-electron chi connectivity index (χ0n) is 9.65. The van der Waals surface area contributed by atoms with E-state index in [0.29, 0.717) is 5.56 Å². The molecule has 1 aromatic carbocycles. The van der Waals surface area contributed by atoms with Gasteiger partial charge in [-0.15, -0.1) is 0 Å². The van der Waals surface area contributed by atoms with Gasteiger partial charge in [0.1, 0.15) is 5.82 Å². The predicted molar refractivity (Wildman–Crippen MR) is 63.5 cm³/mol. The van der Waals surface area contributed by atoms with Crippen molar-refractivity contribution in [2.24, 2.45) is 0 Å². The van der Waals surface area contributed by atoms with E-state index in [2.05, 4.69) is 5.32 Å². The molecule has 2 aromatic rings. The molecule has 1 fully saturated rings. The second-order valence-electron chi connectivity index (χ2n) is 4.49. The first-order chi connectivity index (χ1) is 8.71. The summed E-state index contributed by atoms with van der Waals surface area (Å²) in [5.41, 5.74) is -0.0141. The van der Waals surface area contributed by atoms with Gasteiger partial charge in [-0.2, -0.15) is 0 Å². The van der Waals surface area contributed by atoms with Crippen molar-refractivity contribution in [3.63, 3.8) is 0 Å². The number of hydrogen-bond acceptors (Lipinski definition) is 2. The third-order valence-electron chi connectivity index (χ3n) is 3.24. The van der Waals surface area contributed by atoms with Crippen LogP contribution in [0.25, 0.3) is 0 Å². The van der Waals surface area contributed by atoms with Gasteiger partial charge in [0.15, 0.2) is 5.76 Å². The molecule has 0 bridgehead atoms. The molecule has 0 aliphatic heterocycles. The summed E-state index contributed by atoms with van der Waals surface area (Å²) >= 11 is 0. The molecule has 1 aliphatic rings. The van der Waals surface area contributed by atoms with Crippen LogP contribution in [0.3, 0.4) is 0 Å². The minimum absolute atomic E-state index is 0.248. The molecule has 1 aromatic heterocycles. The van der Waals surface area contributed by atoms with Gasteiger partial charge in [-0.25, -0.2) is 4.39 Å². The Labute approximate surface area is 104 Å². The molecular formula is C14H12FNO2. The van der Waals surface area contributed by atoms with Crippen LogP contribution in [0, 0.1) is 5.82 Å². The monoisotopic (exact) mass is 245 g/mol. The molecule has 1 aliphatic carbocycles. The zero-order chi connectivity index (χ0) is 12.6. The van der Waals surface area contributed by atoms with Gasteiger partial charge in [-0.1, -0.05) is 18.2 Å². The average molecular weight is 245 g/mol. The SMILES string of the molecule is O=C(NC1(c2ccccc2F)CC1)c1ccco1. The highest BCUT2D eigenvalue weighted by Gasteiger charge is 2.47. The predicted octanol–water partition coefficient (Wildman–Crippen LogP) is 2.84. The largest absolute Gasteiger partial charge is 0.459 e. The van der Waals surface area contributed by atoms with Crippen LogP contribution < -0.4 is 5.32 Å². The van der Waals surface area contributed by atoms with E-state index in [-0.39, 0.29) is 17.5 Å². The summed E-state index contributed by atoms with van der Waals surface area (Å²) in [7, 11) is 0. The first kappa shape index (κ1) is 11.0. The molecule has 0 saturated heterocycles. The second-order valence-corrected chi connectivity index (χ2v) is 4.49. The summed E-state index contributed by atoms with van der Waals surface area (Å²) in [5, 5.41) is 2.85. The Balaban J connectivity index is 1.85. The molecule has 0 spiro atoms. The van der Waals surface area contributed by atoms with Crippen molar-refractivity contribution in [1.82, 2.24) is 5.32 Å². The molecule has 0 unspecified atom stereocenters. The van der Waals surface area contributed by atoms with Crippen LogP contribution in [0.15, 0.2) is 47.1 Å². The Morgan fingerprint density at radius 2 is 2.00 bits per heavy atom. The highest BCUT2D eigenvalue weighted by molar-refractivity contribution is 5.92. The van der Waals surface area contributed by atoms with Crippen LogP contribution in [-0.2, 0) is 5.54 Å². The lowest BCUT2D eigenvalue weighted by Crippen LogP contribution is -2.35. The lowest BCUT2D eigenvalue weighted by atomic mass is 10.0. The first-order valence-electron chi connectivity index (χ1n) is 5.82. The highest BCUT2D eigenvalue weighted by Crippen LogP contribution is 2.46. The molecule has 0 atom stereocenters. The van der Waals surface area contributed by atoms with Gasteiger partial charge in [0.25, 0.3) is 5.91 Å². The second kappa shape index (κ2) is 3.98. The third-order valence-corrected chi connectivity index (χ3v) is 3.24. The molecule has 3 rings (SSSR count). The molecule has 1 saturated carbocycles. The fraction of sp³-hybridized carbons (Fsp3) is 0.214. The van der Waals surface area contributed by atoms with E-state index in [1.807, 2.05) is 0 Å². The minimum atomic E-state index is -0.560. The molecule has 92 valence electrons. The lowest BCUT2D eigenvalue weighted by molar-refractivity contribution is 0.0902. The molecule has 1 amide bonds. The standard InChI is InChI=1S/C14H12FNO2/c15-11-5-2-1-4-10(11)14(7-8-14)16-13(17)12-6-3-9-18-12/h1-6,9H,7-8H2,(H,16,17). The fourth-order valence-electron chi connectivity index (χ4n) is 2.12. The lowest BCUT2D eigenvalue weighted by Gasteiger charge is -2.17. The number of furan rings is 1. The molecule has 0 radical (unpaired) electrons. The maximum atomic E-state index is 13.7. The Morgan fingerprint density at radius 1 is 1.22 bits per heavy atom. The van der Waals surface area contributed by atoms with Crippen LogP contribution in [0.2, 0.25) is 0 Å². The Morgan fingerprint density at radius 3 is 2.61 bits per heavy atom. The van der Waals surface area contributed by atoms with Crippen molar-refractivity contribution in [3.8, 4) is 0 Å². The van der Waals surface area contributed by atoms with E-state index < -0.39 is 5.54 Å². The van der Waals surface area contributed by atoms with E-state index >= 15 is 0 Å². The van der Waals surface area contributed by atoms with Crippen molar-refractivity contribution in [2.75, 3.05) is 0 Å². The number of halogens is 1. The van der Waals surface area contributed by atoms with Crippen LogP contribution >= 0.6 is 0 Å². The highest BCUT2D eigenvalue weighted by atomic mass is 19.1. The summed E-state index contributed by atoms with van der Waals surface area (Å²) in [5.74, 6) is -0.340. The zero-order valence-corrected chi connectivity index (χ0v) is 9.65. The molecule has 18 heavy (non-hydrogen) atoms. The fourth-order valence-corrected chi connectivity index (χ4v) is 2.12. The molecule has 3 nitrogen and oxygen atoms in total. The number of carbonyl (C=O) groups excluding carboxylic acids is 1. The number of carbonyl (C=O) groups is 1. The van der Waals surface area contributed by atoms with Crippen molar-refractivity contribution in [2.45, 2.75) is 18.4 Å². The normalized spacial score (nSPS) is 16.3. The van der Waals surface area contributed by atoms with Crippen LogP contribution in [0.5, 0.6) is 0 Å². The number of nitrogens with one attached hydrogen (secondary N) is 1. The smallest absolute Gasteiger partial charge is 0.287 e. The summed E-state index contributed by atoms with van der Waals surface area (Å²) in [6.07, 6.45) is 2.94. The van der Waals surface area contributed by atoms with Gasteiger partial charge in [0.2, 0.25) is 0 Å². The molecule has 1 heterocycles. The summed E-state index contributed by atoms with van der Waals surface area (Å²) < 4.78 is 18.8. The van der Waals surface area contributed by atoms with E-state index in [1.54, 1.807) is 30.3 Å². The van der Waals surface area contributed by atoms with Crippen molar-refractivity contribution in [3.05, 3.63) is 59.8 Å². The van der Waals surface area contributed by atoms with E-state index in [1.165, 1.54) is 12.3 Å². The quantitative estimate of drug-likeness (QED) is 0.903. The maximum Gasteiger partial charge on any atom is 0.287 e. The van der Waals surface area contributed by atoms with Crippen LogP contribution in [-0.4, -0.2) is 5.91 Å². The average Bonchev–Trinajstić information content (AvgIpc) is 2.94. The van der Waals surface area contributed by atoms with Crippen LogP contribution in [0.4, 0.5) is 4.39 Å². The Kier molecular flexibility index (Phi) is 2.44. The third kappa shape index (κ3) is 1.79. The summed E-state index contributed by atoms with van der Waals surface area (Å²) in [6, 6.07) is 9.78. The van der Waals surface area contributed by atoms with Gasteiger partial charge in [0.05, 0.1) is 11.8 Å². The van der Waals surface area contributed by atoms with Gasteiger partial charge in [-0.3, -0.25) is 4.79 Å². The van der Waals surface area contributed by atoms with Gasteiger partial charge >= 0.3 is 0 Å². The van der Waals surface area contributed by atoms with Crippen molar-refractivity contribution >= 4 is 5.91 Å². The van der Waals surface area contributed by atoms with E-state index in [9.17, 15) is 9.18 Å². The van der Waals surface area contributed by atoms with E-state index in [4.69, 9.17) is 4.42 Å². The number of amides is 1. The van der Waals surface area contributed by atoms with E-state index in [0.717, 1.165) is 12.8 Å². The number of hydrogen-bond donors (Lipinski definition) is 1. The van der Waals surface area contributed by atoms with Crippen molar-refractivity contribution in [1.29, 1.82) is 0 Å². The van der Waals surface area contributed by atoms with Crippen LogP contribution in [0.1, 0.15) is 29.0 Å². The first-order valence-corrected chi connectivity index (χ1v) is 5.82. The molecular weight excluding hydrogens is 233 g/mol. The van der Waals surface area contributed by atoms with Gasteiger partial charge in [-0.05, 0) is 31.0 Å². The minimum Gasteiger partial charge on any atom is -0.459 e. The summed E-state index contributed by atoms with van der Waals surface area (Å²) in [6.45, 7) is 0. The molecule has 1 N–H and O–H groups in total. The maximum absolute atomic E-state index is 13.7. The Hall–Kier alpha value is -2.10. The summed E-state index contributed by atoms with van der Waals surface area (Å²) in [4.78, 5) is 11.9. The van der Waals surface area contributed by atoms with Gasteiger partial charge in [0, 0.05) is 5.56 Å². The molecule has 4 heteroatoms. The van der Waals surface area contributed by atoms with Crippen molar-refractivity contribution < 1.29 is 13.6 Å².